The largest absolute Gasteiger partial charge is 0.414 e. The number of aromatic nitrogens is 1. The van der Waals surface area contributed by atoms with E-state index in [0.29, 0.717) is 11.5 Å². The van der Waals surface area contributed by atoms with Crippen molar-refractivity contribution in [1.82, 2.24) is 4.98 Å². The summed E-state index contributed by atoms with van der Waals surface area (Å²) in [7, 11) is 0.0811. The van der Waals surface area contributed by atoms with Crippen LogP contribution in [0.3, 0.4) is 0 Å². The highest BCUT2D eigenvalue weighted by Crippen LogP contribution is 2.28. The van der Waals surface area contributed by atoms with Crippen LogP contribution in [0.5, 0.6) is 0 Å². The summed E-state index contributed by atoms with van der Waals surface area (Å²) >= 11 is 0. The van der Waals surface area contributed by atoms with Gasteiger partial charge in [-0.05, 0) is 29.6 Å². The summed E-state index contributed by atoms with van der Waals surface area (Å²) in [6.07, 6.45) is 2.00. The van der Waals surface area contributed by atoms with Gasteiger partial charge in [-0.2, -0.15) is 0 Å². The maximum atomic E-state index is 5.96. The smallest absolute Gasteiger partial charge is 0.242 e. The summed E-state index contributed by atoms with van der Waals surface area (Å²) in [4.78, 5) is 3.35. The summed E-state index contributed by atoms with van der Waals surface area (Å²) < 4.78 is 5.96. The van der Waals surface area contributed by atoms with Gasteiger partial charge in [0.15, 0.2) is 0 Å². The fourth-order valence-electron chi connectivity index (χ4n) is 2.29. The molecule has 1 rings (SSSR count). The lowest BCUT2D eigenvalue weighted by Gasteiger charge is -2.34. The van der Waals surface area contributed by atoms with Crippen molar-refractivity contribution >= 4 is 13.6 Å². The first-order chi connectivity index (χ1) is 7.03. The molecule has 1 aromatic rings. The summed E-state index contributed by atoms with van der Waals surface area (Å²) in [5, 5.41) is 1.33. The first kappa shape index (κ1) is 12.5. The average molecular weight is 225 g/mol. The predicted octanol–water partition coefficient (Wildman–Crippen LogP) is 2.88. The van der Waals surface area contributed by atoms with Crippen LogP contribution in [-0.4, -0.2) is 20.4 Å². The molecule has 15 heavy (non-hydrogen) atoms. The van der Waals surface area contributed by atoms with Crippen molar-refractivity contribution in [2.45, 2.75) is 39.3 Å². The molecular weight excluding hydrogens is 202 g/mol. The molecule has 86 valence electrons. The van der Waals surface area contributed by atoms with Crippen LogP contribution in [0.25, 0.3) is 0 Å². The van der Waals surface area contributed by atoms with E-state index < -0.39 is 8.32 Å². The zero-order chi connectivity index (χ0) is 11.5. The number of hydrogen-bond acceptors (Lipinski definition) is 1. The lowest BCUT2D eigenvalue weighted by molar-refractivity contribution is 0.385. The van der Waals surface area contributed by atoms with Gasteiger partial charge in [-0.25, -0.2) is 0 Å². The van der Waals surface area contributed by atoms with Crippen molar-refractivity contribution in [3.8, 4) is 0 Å². The van der Waals surface area contributed by atoms with Crippen molar-refractivity contribution in [3.05, 3.63) is 18.3 Å². The Bertz CT molecular complexity index is 282. The minimum atomic E-state index is -1.79. The second-order valence-electron chi connectivity index (χ2n) is 4.93. The molecule has 1 N–H and O–H groups in total. The normalized spacial score (nSPS) is 15.9. The van der Waals surface area contributed by atoms with Crippen molar-refractivity contribution in [2.75, 3.05) is 7.11 Å². The van der Waals surface area contributed by atoms with Crippen LogP contribution in [0.1, 0.15) is 27.7 Å². The number of nitrogens with one attached hydrogen (secondary N) is 1. The molecule has 1 unspecified atom stereocenters. The topological polar surface area (TPSA) is 25.0 Å². The fraction of sp³-hybridized carbons (Fsp3) is 0.667. The number of hydrogen-bond donors (Lipinski definition) is 1. The predicted molar refractivity (Wildman–Crippen MR) is 67.9 cm³/mol. The molecule has 2 nitrogen and oxygen atoms in total. The molecule has 0 aromatic carbocycles. The Hall–Kier alpha value is -0.543. The number of aromatic amines is 1. The molecule has 0 aliphatic carbocycles. The van der Waals surface area contributed by atoms with Gasteiger partial charge in [-0.3, -0.25) is 0 Å². The zero-order valence-corrected chi connectivity index (χ0v) is 11.5. The van der Waals surface area contributed by atoms with Gasteiger partial charge >= 0.3 is 0 Å². The molecule has 0 radical (unpaired) electrons. The SMILES string of the molecule is CO[Si](CC(C)C)(c1ccc[nH]1)C(C)C. The quantitative estimate of drug-likeness (QED) is 0.766. The van der Waals surface area contributed by atoms with Gasteiger partial charge in [0.1, 0.15) is 0 Å². The maximum absolute atomic E-state index is 5.96. The van der Waals surface area contributed by atoms with Crippen LogP contribution in [0, 0.1) is 5.92 Å². The van der Waals surface area contributed by atoms with Crippen LogP contribution >= 0.6 is 0 Å². The highest BCUT2D eigenvalue weighted by molar-refractivity contribution is 6.87. The Kier molecular flexibility index (Phi) is 4.17. The van der Waals surface area contributed by atoms with Gasteiger partial charge in [0.25, 0.3) is 0 Å². The van der Waals surface area contributed by atoms with Gasteiger partial charge in [-0.15, -0.1) is 0 Å². The second-order valence-corrected chi connectivity index (χ2v) is 9.22. The Morgan fingerprint density at radius 3 is 2.33 bits per heavy atom. The Morgan fingerprint density at radius 1 is 1.33 bits per heavy atom. The Labute approximate surface area is 94.2 Å². The molecule has 0 saturated heterocycles. The lowest BCUT2D eigenvalue weighted by Crippen LogP contribution is -2.54. The fourth-order valence-corrected chi connectivity index (χ4v) is 6.38. The van der Waals surface area contributed by atoms with Gasteiger partial charge in [0.05, 0.1) is 0 Å². The van der Waals surface area contributed by atoms with Crippen LogP contribution in [-0.2, 0) is 4.43 Å². The van der Waals surface area contributed by atoms with Crippen LogP contribution in [0.15, 0.2) is 18.3 Å². The van der Waals surface area contributed by atoms with Crippen LogP contribution < -0.4 is 5.32 Å². The zero-order valence-electron chi connectivity index (χ0n) is 10.5. The van der Waals surface area contributed by atoms with E-state index in [0.717, 1.165) is 0 Å². The molecule has 1 aromatic heterocycles. The number of H-pyrrole nitrogens is 1. The third-order valence-electron chi connectivity index (χ3n) is 3.06. The van der Waals surface area contributed by atoms with Gasteiger partial charge < -0.3 is 9.41 Å². The maximum Gasteiger partial charge on any atom is 0.242 e. The number of rotatable bonds is 5. The average Bonchev–Trinajstić information content (AvgIpc) is 2.66. The molecule has 0 amide bonds. The summed E-state index contributed by atoms with van der Waals surface area (Å²) in [6, 6.07) is 5.43. The Morgan fingerprint density at radius 2 is 2.00 bits per heavy atom. The van der Waals surface area contributed by atoms with E-state index in [2.05, 4.69) is 44.8 Å². The van der Waals surface area contributed by atoms with Crippen molar-refractivity contribution in [3.63, 3.8) is 0 Å². The van der Waals surface area contributed by atoms with Crippen molar-refractivity contribution in [1.29, 1.82) is 0 Å². The summed E-state index contributed by atoms with van der Waals surface area (Å²) in [5.41, 5.74) is 0.601. The molecular formula is C12H23NOSi. The van der Waals surface area contributed by atoms with E-state index in [-0.39, 0.29) is 0 Å². The second kappa shape index (κ2) is 4.99. The molecule has 0 bridgehead atoms. The molecule has 0 aliphatic rings. The third kappa shape index (κ3) is 2.52. The van der Waals surface area contributed by atoms with Crippen molar-refractivity contribution < 1.29 is 4.43 Å². The van der Waals surface area contributed by atoms with Crippen LogP contribution in [0.2, 0.25) is 11.6 Å². The van der Waals surface area contributed by atoms with Gasteiger partial charge in [0.2, 0.25) is 8.32 Å². The molecule has 0 fully saturated rings. The third-order valence-corrected chi connectivity index (χ3v) is 8.30. The van der Waals surface area contributed by atoms with Crippen LogP contribution in [0.4, 0.5) is 0 Å². The Balaban J connectivity index is 3.04. The molecule has 0 spiro atoms. The van der Waals surface area contributed by atoms with E-state index in [1.165, 1.54) is 11.4 Å². The molecule has 1 atom stereocenters. The van der Waals surface area contributed by atoms with Crippen molar-refractivity contribution in [2.24, 2.45) is 5.92 Å². The summed E-state index contributed by atoms with van der Waals surface area (Å²) in [5.74, 6) is 0.683. The van der Waals surface area contributed by atoms with Gasteiger partial charge in [0, 0.05) is 18.6 Å². The van der Waals surface area contributed by atoms with Gasteiger partial charge in [-0.1, -0.05) is 27.7 Å². The monoisotopic (exact) mass is 225 g/mol. The van der Waals surface area contributed by atoms with E-state index in [4.69, 9.17) is 4.43 Å². The molecule has 0 saturated carbocycles. The first-order valence-electron chi connectivity index (χ1n) is 5.72. The minimum absolute atomic E-state index is 0.601. The first-order valence-corrected chi connectivity index (χ1v) is 7.91. The lowest BCUT2D eigenvalue weighted by atomic mass is 10.3. The van der Waals surface area contributed by atoms with E-state index >= 15 is 0 Å². The van der Waals surface area contributed by atoms with E-state index in [1.54, 1.807) is 0 Å². The van der Waals surface area contributed by atoms with E-state index in [9.17, 15) is 0 Å². The summed E-state index contributed by atoms with van der Waals surface area (Å²) in [6.45, 7) is 9.09. The molecule has 0 aliphatic heterocycles. The standard InChI is InChI=1S/C12H23NOSi/c1-10(2)9-15(14-5,11(3)4)12-7-6-8-13-12/h6-8,10-11,13H,9H2,1-5H3. The minimum Gasteiger partial charge on any atom is -0.414 e. The highest BCUT2D eigenvalue weighted by atomic mass is 28.4. The highest BCUT2D eigenvalue weighted by Gasteiger charge is 2.41. The van der Waals surface area contributed by atoms with E-state index in [1.807, 2.05) is 13.3 Å². The molecule has 3 heteroatoms. The molecule has 1 heterocycles.